The van der Waals surface area contributed by atoms with Crippen LogP contribution < -0.4 is 10.6 Å². The third kappa shape index (κ3) is 4.54. The Morgan fingerprint density at radius 1 is 1.48 bits per heavy atom. The van der Waals surface area contributed by atoms with Crippen molar-refractivity contribution in [2.75, 3.05) is 6.54 Å². The summed E-state index contributed by atoms with van der Waals surface area (Å²) >= 11 is 0. The number of hydrogen-bond acceptors (Lipinski definition) is 5. The molecule has 0 radical (unpaired) electrons. The molecule has 2 amide bonds. The summed E-state index contributed by atoms with van der Waals surface area (Å²) < 4.78 is 5.09. The first-order valence-corrected chi connectivity index (χ1v) is 7.46. The molecule has 0 aromatic carbocycles. The van der Waals surface area contributed by atoms with Crippen molar-refractivity contribution in [2.45, 2.75) is 57.9 Å². The number of hydrogen-bond donors (Lipinski definition) is 2. The van der Waals surface area contributed by atoms with Gasteiger partial charge in [0.1, 0.15) is 6.04 Å². The Labute approximate surface area is 123 Å². The van der Waals surface area contributed by atoms with Crippen molar-refractivity contribution >= 4 is 11.8 Å². The molecule has 0 bridgehead atoms. The van der Waals surface area contributed by atoms with Crippen LogP contribution in [0.15, 0.2) is 4.52 Å². The summed E-state index contributed by atoms with van der Waals surface area (Å²) in [6.07, 6.45) is 3.21. The molecular weight excluding hydrogens is 272 g/mol. The fourth-order valence-electron chi connectivity index (χ4n) is 2.17. The number of nitrogens with zero attached hydrogens (tertiary/aromatic N) is 2. The fraction of sp³-hybridized carbons (Fsp3) is 0.714. The summed E-state index contributed by atoms with van der Waals surface area (Å²) in [5, 5.41) is 9.41. The molecule has 2 N–H and O–H groups in total. The van der Waals surface area contributed by atoms with Gasteiger partial charge in [0.15, 0.2) is 5.82 Å². The van der Waals surface area contributed by atoms with Crippen LogP contribution in [0.25, 0.3) is 0 Å². The molecule has 2 heterocycles. The van der Waals surface area contributed by atoms with Crippen molar-refractivity contribution in [2.24, 2.45) is 0 Å². The zero-order valence-electron chi connectivity index (χ0n) is 12.5. The minimum absolute atomic E-state index is 0.0965. The Morgan fingerprint density at radius 3 is 3.00 bits per heavy atom. The number of nitrogens with one attached hydrogen (secondary N) is 2. The zero-order valence-corrected chi connectivity index (χ0v) is 12.5. The van der Waals surface area contributed by atoms with Crippen LogP contribution in [-0.4, -0.2) is 34.5 Å². The van der Waals surface area contributed by atoms with E-state index >= 15 is 0 Å². The maximum atomic E-state index is 11.9. The molecule has 1 saturated heterocycles. The van der Waals surface area contributed by atoms with E-state index in [1.54, 1.807) is 0 Å². The molecule has 1 atom stereocenters. The Kier molecular flexibility index (Phi) is 5.30. The van der Waals surface area contributed by atoms with Gasteiger partial charge in [-0.15, -0.1) is 0 Å². The minimum atomic E-state index is -0.422. The molecule has 116 valence electrons. The first-order valence-electron chi connectivity index (χ1n) is 7.46. The highest BCUT2D eigenvalue weighted by Gasteiger charge is 2.22. The SMILES string of the molecule is CC(C)c1noc(CCC(=O)N[C@@H]2CCCCNC2=O)n1. The van der Waals surface area contributed by atoms with Gasteiger partial charge in [0.05, 0.1) is 0 Å². The highest BCUT2D eigenvalue weighted by molar-refractivity contribution is 5.87. The summed E-state index contributed by atoms with van der Waals surface area (Å²) in [5.74, 6) is 1.04. The van der Waals surface area contributed by atoms with Crippen molar-refractivity contribution in [3.8, 4) is 0 Å². The van der Waals surface area contributed by atoms with Gasteiger partial charge in [-0.3, -0.25) is 9.59 Å². The molecule has 0 aliphatic carbocycles. The van der Waals surface area contributed by atoms with E-state index in [1.165, 1.54) is 0 Å². The van der Waals surface area contributed by atoms with Crippen LogP contribution in [0.3, 0.4) is 0 Å². The summed E-state index contributed by atoms with van der Waals surface area (Å²) in [6, 6.07) is -0.422. The van der Waals surface area contributed by atoms with Gasteiger partial charge in [-0.05, 0) is 19.3 Å². The van der Waals surface area contributed by atoms with Crippen molar-refractivity contribution in [1.29, 1.82) is 0 Å². The topological polar surface area (TPSA) is 97.1 Å². The van der Waals surface area contributed by atoms with Crippen molar-refractivity contribution in [1.82, 2.24) is 20.8 Å². The van der Waals surface area contributed by atoms with Gasteiger partial charge in [-0.25, -0.2) is 0 Å². The average Bonchev–Trinajstić information content (AvgIpc) is 2.84. The fourth-order valence-corrected chi connectivity index (χ4v) is 2.17. The molecular formula is C14H22N4O3. The second-order valence-corrected chi connectivity index (χ2v) is 5.61. The van der Waals surface area contributed by atoms with Crippen LogP contribution >= 0.6 is 0 Å². The number of aryl methyl sites for hydroxylation is 1. The van der Waals surface area contributed by atoms with E-state index < -0.39 is 6.04 Å². The van der Waals surface area contributed by atoms with Crippen molar-refractivity contribution in [3.05, 3.63) is 11.7 Å². The second-order valence-electron chi connectivity index (χ2n) is 5.61. The Hall–Kier alpha value is -1.92. The van der Waals surface area contributed by atoms with Crippen LogP contribution in [0.5, 0.6) is 0 Å². The van der Waals surface area contributed by atoms with Crippen molar-refractivity contribution in [3.63, 3.8) is 0 Å². The second kappa shape index (κ2) is 7.19. The van der Waals surface area contributed by atoms with Gasteiger partial charge in [-0.1, -0.05) is 19.0 Å². The molecule has 2 rings (SSSR count). The first-order chi connectivity index (χ1) is 10.1. The summed E-state index contributed by atoms with van der Waals surface area (Å²) in [6.45, 7) is 4.64. The maximum Gasteiger partial charge on any atom is 0.242 e. The Morgan fingerprint density at radius 2 is 2.29 bits per heavy atom. The largest absolute Gasteiger partial charge is 0.354 e. The van der Waals surface area contributed by atoms with Gasteiger partial charge in [0.2, 0.25) is 17.7 Å². The molecule has 0 unspecified atom stereocenters. The van der Waals surface area contributed by atoms with E-state index in [9.17, 15) is 9.59 Å². The molecule has 0 saturated carbocycles. The lowest BCUT2D eigenvalue weighted by Gasteiger charge is -2.14. The Balaban J connectivity index is 1.79. The molecule has 1 fully saturated rings. The number of aromatic nitrogens is 2. The van der Waals surface area contributed by atoms with Gasteiger partial charge >= 0.3 is 0 Å². The van der Waals surface area contributed by atoms with E-state index in [1.807, 2.05) is 13.8 Å². The maximum absolute atomic E-state index is 11.9. The van der Waals surface area contributed by atoms with E-state index in [4.69, 9.17) is 4.52 Å². The summed E-state index contributed by atoms with van der Waals surface area (Å²) in [4.78, 5) is 27.9. The predicted molar refractivity (Wildman–Crippen MR) is 75.5 cm³/mol. The van der Waals surface area contributed by atoms with Gasteiger partial charge in [0, 0.05) is 25.3 Å². The molecule has 1 aromatic rings. The summed E-state index contributed by atoms with van der Waals surface area (Å²) in [5.41, 5.74) is 0. The van der Waals surface area contributed by atoms with Gasteiger partial charge in [0.25, 0.3) is 0 Å². The van der Waals surface area contributed by atoms with Crippen molar-refractivity contribution < 1.29 is 14.1 Å². The van der Waals surface area contributed by atoms with Crippen LogP contribution in [0.1, 0.15) is 57.2 Å². The third-order valence-electron chi connectivity index (χ3n) is 3.44. The highest BCUT2D eigenvalue weighted by atomic mass is 16.5. The first kappa shape index (κ1) is 15.5. The molecule has 1 aliphatic rings. The van der Waals surface area contributed by atoms with Crippen LogP contribution in [0, 0.1) is 0 Å². The lowest BCUT2D eigenvalue weighted by molar-refractivity contribution is -0.128. The molecule has 0 spiro atoms. The Bertz CT molecular complexity index is 498. The molecule has 7 nitrogen and oxygen atoms in total. The van der Waals surface area contributed by atoms with Crippen LogP contribution in [-0.2, 0) is 16.0 Å². The van der Waals surface area contributed by atoms with E-state index in [0.717, 1.165) is 12.8 Å². The monoisotopic (exact) mass is 294 g/mol. The van der Waals surface area contributed by atoms with Crippen LogP contribution in [0.2, 0.25) is 0 Å². The normalized spacial score (nSPS) is 19.2. The standard InChI is InChI=1S/C14H22N4O3/c1-9(2)13-17-12(21-18-13)7-6-11(19)16-10-5-3-4-8-15-14(10)20/h9-10H,3-8H2,1-2H3,(H,15,20)(H,16,19)/t10-/m1/s1. The number of carbonyl (C=O) groups excluding carboxylic acids is 2. The molecule has 7 heteroatoms. The van der Waals surface area contributed by atoms with E-state index in [0.29, 0.717) is 31.1 Å². The van der Waals surface area contributed by atoms with Crippen LogP contribution in [0.4, 0.5) is 0 Å². The zero-order chi connectivity index (χ0) is 15.2. The van der Waals surface area contributed by atoms with Gasteiger partial charge in [-0.2, -0.15) is 4.98 Å². The van der Waals surface area contributed by atoms with Gasteiger partial charge < -0.3 is 15.2 Å². The highest BCUT2D eigenvalue weighted by Crippen LogP contribution is 2.11. The van der Waals surface area contributed by atoms with E-state index in [2.05, 4.69) is 20.8 Å². The minimum Gasteiger partial charge on any atom is -0.354 e. The lowest BCUT2D eigenvalue weighted by Crippen LogP contribution is -2.45. The predicted octanol–water partition coefficient (Wildman–Crippen LogP) is 0.910. The van der Waals surface area contributed by atoms with E-state index in [-0.39, 0.29) is 24.2 Å². The lowest BCUT2D eigenvalue weighted by atomic mass is 10.1. The molecule has 1 aromatic heterocycles. The molecule has 21 heavy (non-hydrogen) atoms. The molecule has 1 aliphatic heterocycles. The average molecular weight is 294 g/mol. The number of carbonyl (C=O) groups is 2. The quantitative estimate of drug-likeness (QED) is 0.841. The summed E-state index contributed by atoms with van der Waals surface area (Å²) in [7, 11) is 0. The number of rotatable bonds is 5. The smallest absolute Gasteiger partial charge is 0.242 e. The number of amides is 2. The third-order valence-corrected chi connectivity index (χ3v) is 3.44.